The summed E-state index contributed by atoms with van der Waals surface area (Å²) in [4.78, 5) is 26.1. The summed E-state index contributed by atoms with van der Waals surface area (Å²) >= 11 is 0. The molecule has 0 spiro atoms. The van der Waals surface area contributed by atoms with Gasteiger partial charge in [0.15, 0.2) is 0 Å². The van der Waals surface area contributed by atoms with E-state index >= 15 is 0 Å². The van der Waals surface area contributed by atoms with Crippen molar-refractivity contribution in [3.63, 3.8) is 0 Å². The molecule has 0 amide bonds. The summed E-state index contributed by atoms with van der Waals surface area (Å²) in [5.41, 5.74) is 2.33. The SMILES string of the molecule is O=c1[nH]c(=O)n([C@@H]2C[C@@H](O)[C@H](CO)O2)cc1NN=NCCc1ccccc1. The van der Waals surface area contributed by atoms with Crippen molar-refractivity contribution in [2.75, 3.05) is 18.6 Å². The molecule has 3 rings (SSSR count). The van der Waals surface area contributed by atoms with Crippen molar-refractivity contribution in [3.8, 4) is 0 Å². The van der Waals surface area contributed by atoms with Crippen molar-refractivity contribution in [3.05, 3.63) is 62.9 Å². The van der Waals surface area contributed by atoms with Crippen LogP contribution in [0.5, 0.6) is 0 Å². The third-order valence-electron chi connectivity index (χ3n) is 4.25. The van der Waals surface area contributed by atoms with E-state index in [0.717, 1.165) is 10.1 Å². The van der Waals surface area contributed by atoms with Gasteiger partial charge < -0.3 is 14.9 Å². The van der Waals surface area contributed by atoms with E-state index in [2.05, 4.69) is 20.7 Å². The second-order valence-electron chi connectivity index (χ2n) is 6.14. The lowest BCUT2D eigenvalue weighted by molar-refractivity contribution is -0.0458. The van der Waals surface area contributed by atoms with E-state index in [1.54, 1.807) is 0 Å². The van der Waals surface area contributed by atoms with Crippen LogP contribution in [0, 0.1) is 0 Å². The summed E-state index contributed by atoms with van der Waals surface area (Å²) in [6, 6.07) is 9.79. The summed E-state index contributed by atoms with van der Waals surface area (Å²) in [5, 5.41) is 26.7. The Morgan fingerprint density at radius 3 is 2.78 bits per heavy atom. The molecule has 0 bridgehead atoms. The lowest BCUT2D eigenvalue weighted by Crippen LogP contribution is -2.33. The molecule has 2 aromatic rings. The molecule has 1 aliphatic heterocycles. The molecule has 1 saturated heterocycles. The summed E-state index contributed by atoms with van der Waals surface area (Å²) in [6.45, 7) is 0.0706. The van der Waals surface area contributed by atoms with E-state index < -0.39 is 29.7 Å². The maximum atomic E-state index is 12.0. The second kappa shape index (κ2) is 8.71. The highest BCUT2D eigenvalue weighted by molar-refractivity contribution is 5.36. The fourth-order valence-corrected chi connectivity index (χ4v) is 2.79. The molecule has 1 aromatic heterocycles. The summed E-state index contributed by atoms with van der Waals surface area (Å²) < 4.78 is 6.58. The monoisotopic (exact) mass is 375 g/mol. The molecule has 0 unspecified atom stereocenters. The molecule has 0 saturated carbocycles. The molecule has 10 heteroatoms. The smallest absolute Gasteiger partial charge is 0.330 e. The van der Waals surface area contributed by atoms with Gasteiger partial charge in [0.05, 0.1) is 19.3 Å². The van der Waals surface area contributed by atoms with Gasteiger partial charge in [-0.2, -0.15) is 5.11 Å². The third kappa shape index (κ3) is 4.67. The first-order chi connectivity index (χ1) is 13.1. The van der Waals surface area contributed by atoms with Gasteiger partial charge in [-0.1, -0.05) is 35.6 Å². The van der Waals surface area contributed by atoms with Gasteiger partial charge in [0.25, 0.3) is 5.56 Å². The number of hydrogen-bond donors (Lipinski definition) is 4. The Kier molecular flexibility index (Phi) is 6.12. The van der Waals surface area contributed by atoms with E-state index in [-0.39, 0.29) is 18.7 Å². The lowest BCUT2D eigenvalue weighted by Gasteiger charge is -2.14. The van der Waals surface area contributed by atoms with Gasteiger partial charge in [0.2, 0.25) is 0 Å². The van der Waals surface area contributed by atoms with Crippen LogP contribution in [0.2, 0.25) is 0 Å². The van der Waals surface area contributed by atoms with Gasteiger partial charge in [-0.05, 0) is 12.0 Å². The number of hydrogen-bond acceptors (Lipinski definition) is 7. The molecular formula is C17H21N5O5. The summed E-state index contributed by atoms with van der Waals surface area (Å²) in [6.07, 6.45) is -0.380. The molecule has 1 aliphatic rings. The van der Waals surface area contributed by atoms with Crippen LogP contribution >= 0.6 is 0 Å². The number of nitrogens with one attached hydrogen (secondary N) is 2. The first-order valence-corrected chi connectivity index (χ1v) is 8.54. The number of anilines is 1. The van der Waals surface area contributed by atoms with Gasteiger partial charge in [0, 0.05) is 12.6 Å². The highest BCUT2D eigenvalue weighted by Crippen LogP contribution is 2.27. The molecule has 27 heavy (non-hydrogen) atoms. The van der Waals surface area contributed by atoms with Crippen molar-refractivity contribution in [2.45, 2.75) is 31.3 Å². The minimum absolute atomic E-state index is 0.0172. The zero-order chi connectivity index (χ0) is 19.2. The quantitative estimate of drug-likeness (QED) is 0.402. The van der Waals surface area contributed by atoms with Crippen molar-refractivity contribution < 1.29 is 14.9 Å². The first kappa shape index (κ1) is 19.0. The van der Waals surface area contributed by atoms with Crippen LogP contribution in [0.1, 0.15) is 18.2 Å². The van der Waals surface area contributed by atoms with Gasteiger partial charge in [-0.15, -0.1) is 0 Å². The topological polar surface area (TPSA) is 141 Å². The number of nitrogens with zero attached hydrogens (tertiary/aromatic N) is 3. The van der Waals surface area contributed by atoms with Crippen LogP contribution in [0.4, 0.5) is 5.69 Å². The minimum atomic E-state index is -0.895. The molecule has 2 heterocycles. The standard InChI is InChI=1S/C17H21N5O5/c23-10-14-13(24)8-15(27-14)22-9-12(16(25)19-17(22)26)20-21-18-7-6-11-4-2-1-3-5-11/h1-5,9,13-15,23-24H,6-8,10H2,(H,18,20)(H,19,25,26)/t13-,14+,15+/m1/s1. The highest BCUT2D eigenvalue weighted by atomic mass is 16.5. The van der Waals surface area contributed by atoms with E-state index in [1.165, 1.54) is 6.20 Å². The van der Waals surface area contributed by atoms with Crippen LogP contribution in [0.3, 0.4) is 0 Å². The third-order valence-corrected chi connectivity index (χ3v) is 4.25. The number of aromatic amines is 1. The molecule has 144 valence electrons. The van der Waals surface area contributed by atoms with E-state index in [0.29, 0.717) is 13.0 Å². The molecule has 0 aliphatic carbocycles. The predicted octanol–water partition coefficient (Wildman–Crippen LogP) is 0.199. The molecule has 4 N–H and O–H groups in total. The zero-order valence-electron chi connectivity index (χ0n) is 14.5. The average Bonchev–Trinajstić information content (AvgIpc) is 3.04. The van der Waals surface area contributed by atoms with Gasteiger partial charge in [0.1, 0.15) is 18.0 Å². The Labute approximate surface area is 154 Å². The number of benzene rings is 1. The number of rotatable bonds is 7. The van der Waals surface area contributed by atoms with Crippen molar-refractivity contribution >= 4 is 5.69 Å². The fraction of sp³-hybridized carbons (Fsp3) is 0.412. The predicted molar refractivity (Wildman–Crippen MR) is 96.4 cm³/mol. The Hall–Kier alpha value is -2.82. The Bertz CT molecular complexity index is 895. The van der Waals surface area contributed by atoms with Crippen LogP contribution in [-0.2, 0) is 11.2 Å². The number of aliphatic hydroxyl groups excluding tert-OH is 2. The second-order valence-corrected chi connectivity index (χ2v) is 6.14. The maximum Gasteiger partial charge on any atom is 0.330 e. The summed E-state index contributed by atoms with van der Waals surface area (Å²) in [5.74, 6) is 0. The van der Waals surface area contributed by atoms with Crippen LogP contribution in [0.15, 0.2) is 56.5 Å². The first-order valence-electron chi connectivity index (χ1n) is 8.54. The highest BCUT2D eigenvalue weighted by Gasteiger charge is 2.35. The minimum Gasteiger partial charge on any atom is -0.394 e. The van der Waals surface area contributed by atoms with Gasteiger partial charge >= 0.3 is 5.69 Å². The molecule has 1 fully saturated rings. The van der Waals surface area contributed by atoms with E-state index in [4.69, 9.17) is 9.84 Å². The Morgan fingerprint density at radius 1 is 1.30 bits per heavy atom. The Balaban J connectivity index is 1.65. The van der Waals surface area contributed by atoms with Crippen LogP contribution in [-0.4, -0.2) is 45.1 Å². The summed E-state index contributed by atoms with van der Waals surface area (Å²) in [7, 11) is 0. The number of aromatic nitrogens is 2. The maximum absolute atomic E-state index is 12.0. The largest absolute Gasteiger partial charge is 0.394 e. The molecule has 3 atom stereocenters. The van der Waals surface area contributed by atoms with Crippen LogP contribution in [0.25, 0.3) is 0 Å². The van der Waals surface area contributed by atoms with Crippen LogP contribution < -0.4 is 16.7 Å². The van der Waals surface area contributed by atoms with E-state index in [1.807, 2.05) is 30.3 Å². The van der Waals surface area contributed by atoms with Gasteiger partial charge in [-0.3, -0.25) is 19.8 Å². The normalized spacial score (nSPS) is 22.4. The van der Waals surface area contributed by atoms with Gasteiger partial charge in [-0.25, -0.2) is 4.79 Å². The lowest BCUT2D eigenvalue weighted by atomic mass is 10.2. The zero-order valence-corrected chi connectivity index (χ0v) is 14.5. The molecular weight excluding hydrogens is 354 g/mol. The van der Waals surface area contributed by atoms with Crippen molar-refractivity contribution in [1.29, 1.82) is 0 Å². The number of aliphatic hydroxyl groups is 2. The van der Waals surface area contributed by atoms with Crippen molar-refractivity contribution in [1.82, 2.24) is 9.55 Å². The number of ether oxygens (including phenoxy) is 1. The Morgan fingerprint density at radius 2 is 2.07 bits per heavy atom. The van der Waals surface area contributed by atoms with E-state index in [9.17, 15) is 14.7 Å². The average molecular weight is 375 g/mol. The molecule has 10 nitrogen and oxygen atoms in total. The number of H-pyrrole nitrogens is 1. The molecule has 1 aromatic carbocycles. The molecule has 0 radical (unpaired) electrons. The fourth-order valence-electron chi connectivity index (χ4n) is 2.79. The van der Waals surface area contributed by atoms with Crippen molar-refractivity contribution in [2.24, 2.45) is 10.3 Å².